The largest absolute Gasteiger partial charge is 0.330 e. The Balaban J connectivity index is 2.14. The molecule has 1 fully saturated rings. The maximum Gasteiger partial charge on any atom is 0.125 e. The van der Waals surface area contributed by atoms with E-state index in [1.54, 1.807) is 0 Å². The van der Waals surface area contributed by atoms with E-state index in [1.165, 1.54) is 31.4 Å². The maximum absolute atomic E-state index is 13.5. The van der Waals surface area contributed by atoms with Crippen LogP contribution in [0.15, 0.2) is 18.2 Å². The Bertz CT molecular complexity index is 632. The first kappa shape index (κ1) is 14.5. The molecule has 0 bridgehead atoms. The maximum atomic E-state index is 13.5. The van der Waals surface area contributed by atoms with E-state index in [4.69, 9.17) is 10.7 Å². The molecule has 2 aromatic rings. The van der Waals surface area contributed by atoms with Gasteiger partial charge < -0.3 is 10.3 Å². The minimum atomic E-state index is -0.221. The van der Waals surface area contributed by atoms with Gasteiger partial charge in [-0.2, -0.15) is 0 Å². The lowest BCUT2D eigenvalue weighted by atomic mass is 9.78. The number of aromatic nitrogens is 2. The number of imidazole rings is 1. The predicted octanol–water partition coefficient (Wildman–Crippen LogP) is 3.99. The van der Waals surface area contributed by atoms with Gasteiger partial charge in [-0.15, -0.1) is 0 Å². The summed E-state index contributed by atoms with van der Waals surface area (Å²) in [7, 11) is 0. The minimum Gasteiger partial charge on any atom is -0.330 e. The van der Waals surface area contributed by atoms with Crippen molar-refractivity contribution in [1.82, 2.24) is 9.55 Å². The van der Waals surface area contributed by atoms with Gasteiger partial charge in [0, 0.05) is 18.0 Å². The Labute approximate surface area is 125 Å². The molecule has 2 atom stereocenters. The van der Waals surface area contributed by atoms with Gasteiger partial charge in [0.2, 0.25) is 0 Å². The third-order valence-electron chi connectivity index (χ3n) is 4.74. The van der Waals surface area contributed by atoms with E-state index in [0.29, 0.717) is 24.4 Å². The zero-order valence-electron chi connectivity index (χ0n) is 12.8. The molecule has 1 saturated carbocycles. The normalized spacial score (nSPS) is 23.1. The Morgan fingerprint density at radius 2 is 2.10 bits per heavy atom. The van der Waals surface area contributed by atoms with Crippen molar-refractivity contribution in [2.24, 2.45) is 11.7 Å². The molecule has 3 nitrogen and oxygen atoms in total. The van der Waals surface area contributed by atoms with Crippen LogP contribution in [0.5, 0.6) is 0 Å². The number of nitrogens with zero attached hydrogens (tertiary/aromatic N) is 2. The van der Waals surface area contributed by atoms with Gasteiger partial charge in [-0.05, 0) is 51.3 Å². The second-order valence-electron chi connectivity index (χ2n) is 6.45. The van der Waals surface area contributed by atoms with Crippen LogP contribution in [-0.4, -0.2) is 16.1 Å². The Hall–Kier alpha value is -1.42. The third kappa shape index (κ3) is 2.57. The quantitative estimate of drug-likeness (QED) is 0.928. The summed E-state index contributed by atoms with van der Waals surface area (Å²) in [6.45, 7) is 5.03. The molecule has 0 amide bonds. The average Bonchev–Trinajstić information content (AvgIpc) is 2.85. The van der Waals surface area contributed by atoms with Crippen LogP contribution >= 0.6 is 0 Å². The van der Waals surface area contributed by atoms with Crippen LogP contribution < -0.4 is 5.73 Å². The lowest BCUT2D eigenvalue weighted by molar-refractivity contribution is 0.296. The number of benzene rings is 1. The Kier molecular flexibility index (Phi) is 3.98. The van der Waals surface area contributed by atoms with E-state index in [-0.39, 0.29) is 5.82 Å². The number of hydrogen-bond acceptors (Lipinski definition) is 2. The van der Waals surface area contributed by atoms with Gasteiger partial charge in [0.15, 0.2) is 0 Å². The van der Waals surface area contributed by atoms with E-state index in [2.05, 4.69) is 18.4 Å². The highest BCUT2D eigenvalue weighted by molar-refractivity contribution is 5.76. The van der Waals surface area contributed by atoms with Gasteiger partial charge in [0.25, 0.3) is 0 Å². The smallest absolute Gasteiger partial charge is 0.125 e. The molecular formula is C17H24FN3. The van der Waals surface area contributed by atoms with Crippen LogP contribution in [0.2, 0.25) is 0 Å². The predicted molar refractivity (Wildman–Crippen MR) is 83.8 cm³/mol. The highest BCUT2D eigenvalue weighted by Crippen LogP contribution is 2.39. The number of nitrogens with two attached hydrogens (primary N) is 1. The summed E-state index contributed by atoms with van der Waals surface area (Å²) in [6, 6.07) is 5.23. The summed E-state index contributed by atoms with van der Waals surface area (Å²) in [5.74, 6) is 1.78. The molecule has 21 heavy (non-hydrogen) atoms. The molecule has 4 heteroatoms. The fourth-order valence-corrected chi connectivity index (χ4v) is 3.72. The van der Waals surface area contributed by atoms with E-state index in [1.807, 2.05) is 6.07 Å². The monoisotopic (exact) mass is 289 g/mol. The molecule has 0 saturated heterocycles. The molecular weight excluding hydrogens is 265 g/mol. The standard InChI is InChI=1S/C17H24FN3/c1-11(2)21-16-8-7-13(18)9-15(16)20-17(21)14-6-4-3-5-12(14)10-19/h7-9,11-12,14H,3-6,10,19H2,1-2H3. The van der Waals surface area contributed by atoms with Crippen molar-refractivity contribution in [3.8, 4) is 0 Å². The average molecular weight is 289 g/mol. The van der Waals surface area contributed by atoms with Crippen LogP contribution in [0.4, 0.5) is 4.39 Å². The number of rotatable bonds is 3. The van der Waals surface area contributed by atoms with Crippen LogP contribution in [0, 0.1) is 11.7 Å². The number of fused-ring (bicyclic) bond motifs is 1. The van der Waals surface area contributed by atoms with Gasteiger partial charge in [0.1, 0.15) is 11.6 Å². The summed E-state index contributed by atoms with van der Waals surface area (Å²) in [5, 5.41) is 0. The molecule has 2 unspecified atom stereocenters. The number of hydrogen-bond donors (Lipinski definition) is 1. The van der Waals surface area contributed by atoms with Crippen molar-refractivity contribution in [2.45, 2.75) is 51.5 Å². The van der Waals surface area contributed by atoms with Crippen molar-refractivity contribution >= 4 is 11.0 Å². The SMILES string of the molecule is CC(C)n1c(C2CCCCC2CN)nc2cc(F)ccc21. The van der Waals surface area contributed by atoms with Crippen molar-refractivity contribution in [2.75, 3.05) is 6.54 Å². The molecule has 1 aromatic carbocycles. The van der Waals surface area contributed by atoms with Crippen molar-refractivity contribution < 1.29 is 4.39 Å². The van der Waals surface area contributed by atoms with Gasteiger partial charge in [-0.25, -0.2) is 9.37 Å². The van der Waals surface area contributed by atoms with Crippen LogP contribution in [0.25, 0.3) is 11.0 Å². The first-order valence-corrected chi connectivity index (χ1v) is 7.99. The Morgan fingerprint density at radius 3 is 2.81 bits per heavy atom. The van der Waals surface area contributed by atoms with Crippen LogP contribution in [0.3, 0.4) is 0 Å². The summed E-state index contributed by atoms with van der Waals surface area (Å²) >= 11 is 0. The molecule has 1 aromatic heterocycles. The molecule has 0 spiro atoms. The summed E-state index contributed by atoms with van der Waals surface area (Å²) in [4.78, 5) is 4.78. The van der Waals surface area contributed by atoms with E-state index < -0.39 is 0 Å². The van der Waals surface area contributed by atoms with Gasteiger partial charge in [0.05, 0.1) is 11.0 Å². The third-order valence-corrected chi connectivity index (χ3v) is 4.74. The minimum absolute atomic E-state index is 0.221. The van der Waals surface area contributed by atoms with Gasteiger partial charge in [-0.1, -0.05) is 12.8 Å². The topological polar surface area (TPSA) is 43.8 Å². The highest BCUT2D eigenvalue weighted by Gasteiger charge is 2.30. The number of halogens is 1. The molecule has 2 N–H and O–H groups in total. The first-order valence-electron chi connectivity index (χ1n) is 7.99. The molecule has 0 radical (unpaired) electrons. The second-order valence-corrected chi connectivity index (χ2v) is 6.45. The summed E-state index contributed by atoms with van der Waals surface area (Å²) in [5.41, 5.74) is 7.77. The van der Waals surface area contributed by atoms with Crippen LogP contribution in [0.1, 0.15) is 57.3 Å². The van der Waals surface area contributed by atoms with E-state index >= 15 is 0 Å². The lowest BCUT2D eigenvalue weighted by Crippen LogP contribution is -2.27. The summed E-state index contributed by atoms with van der Waals surface area (Å²) in [6.07, 6.45) is 4.81. The second kappa shape index (κ2) is 5.76. The highest BCUT2D eigenvalue weighted by atomic mass is 19.1. The van der Waals surface area contributed by atoms with Crippen molar-refractivity contribution in [3.63, 3.8) is 0 Å². The zero-order valence-corrected chi connectivity index (χ0v) is 12.8. The van der Waals surface area contributed by atoms with Crippen molar-refractivity contribution in [1.29, 1.82) is 0 Å². The van der Waals surface area contributed by atoms with Gasteiger partial charge >= 0.3 is 0 Å². The van der Waals surface area contributed by atoms with Crippen molar-refractivity contribution in [3.05, 3.63) is 29.8 Å². The molecule has 114 valence electrons. The molecule has 0 aliphatic heterocycles. The molecule has 3 rings (SSSR count). The molecule has 1 heterocycles. The van der Waals surface area contributed by atoms with Crippen LogP contribution in [-0.2, 0) is 0 Å². The zero-order chi connectivity index (χ0) is 15.0. The fourth-order valence-electron chi connectivity index (χ4n) is 3.72. The van der Waals surface area contributed by atoms with Gasteiger partial charge in [-0.3, -0.25) is 0 Å². The van der Waals surface area contributed by atoms with E-state index in [0.717, 1.165) is 23.3 Å². The first-order chi connectivity index (χ1) is 10.1. The lowest BCUT2D eigenvalue weighted by Gasteiger charge is -2.31. The van der Waals surface area contributed by atoms with E-state index in [9.17, 15) is 4.39 Å². The molecule has 1 aliphatic rings. The summed E-state index contributed by atoms with van der Waals surface area (Å²) < 4.78 is 15.8. The fraction of sp³-hybridized carbons (Fsp3) is 0.588. The Morgan fingerprint density at radius 1 is 1.33 bits per heavy atom. The molecule has 1 aliphatic carbocycles.